The minimum atomic E-state index is 0.458. The van der Waals surface area contributed by atoms with Crippen LogP contribution in [0.3, 0.4) is 0 Å². The Morgan fingerprint density at radius 1 is 1.20 bits per heavy atom. The fourth-order valence-electron chi connectivity index (χ4n) is 2.98. The van der Waals surface area contributed by atoms with Crippen LogP contribution in [-0.4, -0.2) is 47.6 Å². The van der Waals surface area contributed by atoms with E-state index in [1.54, 1.807) is 0 Å². The van der Waals surface area contributed by atoms with Crippen molar-refractivity contribution in [3.05, 3.63) is 16.5 Å². The Balaban J connectivity index is 1.95. The van der Waals surface area contributed by atoms with Crippen LogP contribution in [0.4, 0.5) is 5.82 Å². The predicted molar refractivity (Wildman–Crippen MR) is 82.7 cm³/mol. The maximum Gasteiger partial charge on any atom is 0.137 e. The number of halogens is 1. The summed E-state index contributed by atoms with van der Waals surface area (Å²) < 4.78 is 0. The minimum absolute atomic E-state index is 0.458. The molecule has 5 heteroatoms. The zero-order chi connectivity index (χ0) is 14.3. The lowest BCUT2D eigenvalue weighted by atomic mass is 10.2. The van der Waals surface area contributed by atoms with Gasteiger partial charge in [0.2, 0.25) is 0 Å². The molecule has 1 unspecified atom stereocenters. The molecule has 2 aliphatic rings. The van der Waals surface area contributed by atoms with Gasteiger partial charge in [-0.15, -0.1) is 0 Å². The van der Waals surface area contributed by atoms with E-state index in [4.69, 9.17) is 16.6 Å². The number of hydrogen-bond acceptors (Lipinski definition) is 4. The fraction of sp³-hybridized carbons (Fsp3) is 0.733. The Hall–Kier alpha value is -0.870. The van der Waals surface area contributed by atoms with E-state index >= 15 is 0 Å². The summed E-state index contributed by atoms with van der Waals surface area (Å²) in [5, 5.41) is 0.627. The first-order valence-corrected chi connectivity index (χ1v) is 7.93. The van der Waals surface area contributed by atoms with Crippen LogP contribution in [0.1, 0.15) is 43.5 Å². The average Bonchev–Trinajstić information content (AvgIpc) is 3.22. The van der Waals surface area contributed by atoms with E-state index in [-0.39, 0.29) is 0 Å². The summed E-state index contributed by atoms with van der Waals surface area (Å²) in [6.07, 6.45) is 3.58. The second-order valence-electron chi connectivity index (χ2n) is 6.25. The third-order valence-corrected chi connectivity index (χ3v) is 4.71. The molecule has 0 aromatic carbocycles. The molecule has 1 aromatic heterocycles. The molecule has 0 amide bonds. The Bertz CT molecular complexity index is 501. The van der Waals surface area contributed by atoms with Crippen molar-refractivity contribution < 1.29 is 0 Å². The molecule has 1 aromatic rings. The normalized spacial score (nSPS) is 24.8. The molecule has 1 aliphatic carbocycles. The summed E-state index contributed by atoms with van der Waals surface area (Å²) in [7, 11) is 2.19. The summed E-state index contributed by atoms with van der Waals surface area (Å²) >= 11 is 6.34. The molecule has 1 saturated heterocycles. The van der Waals surface area contributed by atoms with Crippen molar-refractivity contribution in [2.24, 2.45) is 0 Å². The summed E-state index contributed by atoms with van der Waals surface area (Å²) in [5.74, 6) is 2.53. The largest absolute Gasteiger partial charge is 0.352 e. The summed E-state index contributed by atoms with van der Waals surface area (Å²) in [5.41, 5.74) is 1.02. The fourth-order valence-corrected chi connectivity index (χ4v) is 3.16. The number of aromatic nitrogens is 2. The third-order valence-electron chi connectivity index (χ3n) is 4.34. The maximum atomic E-state index is 6.34. The molecule has 1 aliphatic heterocycles. The molecule has 0 radical (unpaired) electrons. The van der Waals surface area contributed by atoms with E-state index in [1.165, 1.54) is 19.3 Å². The molecule has 1 atom stereocenters. The zero-order valence-corrected chi connectivity index (χ0v) is 13.3. The Morgan fingerprint density at radius 3 is 2.65 bits per heavy atom. The molecule has 3 rings (SSSR count). The van der Waals surface area contributed by atoms with Crippen LogP contribution in [0, 0.1) is 6.92 Å². The van der Waals surface area contributed by atoms with E-state index in [9.17, 15) is 0 Å². The number of nitrogens with zero attached hydrogens (tertiary/aromatic N) is 4. The van der Waals surface area contributed by atoms with Crippen LogP contribution in [0.25, 0.3) is 0 Å². The monoisotopic (exact) mass is 294 g/mol. The number of anilines is 1. The van der Waals surface area contributed by atoms with Crippen LogP contribution in [0.2, 0.25) is 5.15 Å². The quantitative estimate of drug-likeness (QED) is 0.785. The highest BCUT2D eigenvalue weighted by Crippen LogP contribution is 2.40. The van der Waals surface area contributed by atoms with Gasteiger partial charge in [-0.05, 0) is 46.7 Å². The topological polar surface area (TPSA) is 32.3 Å². The van der Waals surface area contributed by atoms with Crippen molar-refractivity contribution in [3.8, 4) is 0 Å². The van der Waals surface area contributed by atoms with Gasteiger partial charge < -0.3 is 9.80 Å². The average molecular weight is 295 g/mol. The van der Waals surface area contributed by atoms with Crippen molar-refractivity contribution in [3.63, 3.8) is 0 Å². The molecule has 4 nitrogen and oxygen atoms in total. The van der Waals surface area contributed by atoms with Crippen molar-refractivity contribution in [1.29, 1.82) is 0 Å². The maximum absolute atomic E-state index is 6.34. The molecule has 0 N–H and O–H groups in total. The lowest BCUT2D eigenvalue weighted by Crippen LogP contribution is -2.39. The summed E-state index contributed by atoms with van der Waals surface area (Å²) in [4.78, 5) is 14.1. The smallest absolute Gasteiger partial charge is 0.137 e. The van der Waals surface area contributed by atoms with E-state index in [0.717, 1.165) is 36.8 Å². The molecule has 2 heterocycles. The zero-order valence-electron chi connectivity index (χ0n) is 12.6. The Labute approximate surface area is 126 Å². The molecule has 2 fully saturated rings. The molecule has 1 saturated carbocycles. The molecule has 20 heavy (non-hydrogen) atoms. The summed E-state index contributed by atoms with van der Waals surface area (Å²) in [6.45, 7) is 7.57. The minimum Gasteiger partial charge on any atom is -0.352 e. The van der Waals surface area contributed by atoms with Crippen molar-refractivity contribution in [1.82, 2.24) is 14.9 Å². The highest BCUT2D eigenvalue weighted by Gasteiger charge is 2.30. The van der Waals surface area contributed by atoms with Crippen LogP contribution >= 0.6 is 11.6 Å². The number of rotatable bonds is 2. The van der Waals surface area contributed by atoms with Crippen LogP contribution in [0.5, 0.6) is 0 Å². The molecule has 0 spiro atoms. The summed E-state index contributed by atoms with van der Waals surface area (Å²) in [6, 6.07) is 0.458. The van der Waals surface area contributed by atoms with E-state index in [0.29, 0.717) is 17.1 Å². The van der Waals surface area contributed by atoms with Gasteiger partial charge in [-0.1, -0.05) is 11.6 Å². The Kier molecular flexibility index (Phi) is 3.87. The van der Waals surface area contributed by atoms with Gasteiger partial charge in [0.15, 0.2) is 0 Å². The lowest BCUT2D eigenvalue weighted by molar-refractivity contribution is 0.337. The van der Waals surface area contributed by atoms with Gasteiger partial charge in [0.25, 0.3) is 0 Å². The van der Waals surface area contributed by atoms with E-state index < -0.39 is 0 Å². The highest BCUT2D eigenvalue weighted by molar-refractivity contribution is 6.30. The SMILES string of the molecule is Cc1c(Cl)nc(C2CC2)nc1N1CCCN(C)CC1C. The first-order valence-electron chi connectivity index (χ1n) is 7.55. The van der Waals surface area contributed by atoms with Crippen LogP contribution < -0.4 is 4.90 Å². The van der Waals surface area contributed by atoms with Gasteiger partial charge in [0.05, 0.1) is 0 Å². The number of hydrogen-bond donors (Lipinski definition) is 0. The van der Waals surface area contributed by atoms with Crippen molar-refractivity contribution >= 4 is 17.4 Å². The van der Waals surface area contributed by atoms with Gasteiger partial charge in [0, 0.05) is 30.6 Å². The molecular formula is C15H23ClN4. The van der Waals surface area contributed by atoms with Gasteiger partial charge in [-0.25, -0.2) is 9.97 Å². The van der Waals surface area contributed by atoms with Gasteiger partial charge in [0.1, 0.15) is 16.8 Å². The predicted octanol–water partition coefficient (Wildman–Crippen LogP) is 2.85. The van der Waals surface area contributed by atoms with Gasteiger partial charge in [-0.3, -0.25) is 0 Å². The van der Waals surface area contributed by atoms with Crippen LogP contribution in [-0.2, 0) is 0 Å². The van der Waals surface area contributed by atoms with E-state index in [2.05, 4.69) is 28.8 Å². The second-order valence-corrected chi connectivity index (χ2v) is 6.61. The van der Waals surface area contributed by atoms with Crippen molar-refractivity contribution in [2.45, 2.75) is 45.1 Å². The first-order chi connectivity index (χ1) is 9.56. The Morgan fingerprint density at radius 2 is 1.95 bits per heavy atom. The third kappa shape index (κ3) is 2.77. The molecular weight excluding hydrogens is 272 g/mol. The first kappa shape index (κ1) is 14.1. The van der Waals surface area contributed by atoms with E-state index in [1.807, 2.05) is 6.92 Å². The second kappa shape index (κ2) is 5.49. The standard InChI is InChI=1S/C15H23ClN4/c1-10-9-19(3)7-4-8-20(10)15-11(2)13(16)17-14(18-15)12-5-6-12/h10,12H,4-9H2,1-3H3. The molecule has 110 valence electrons. The van der Waals surface area contributed by atoms with Crippen molar-refractivity contribution in [2.75, 3.05) is 31.6 Å². The lowest BCUT2D eigenvalue weighted by Gasteiger charge is -2.30. The van der Waals surface area contributed by atoms with Gasteiger partial charge in [-0.2, -0.15) is 0 Å². The number of likely N-dealkylation sites (N-methyl/N-ethyl adjacent to an activating group) is 1. The van der Waals surface area contributed by atoms with Crippen LogP contribution in [0.15, 0.2) is 0 Å². The highest BCUT2D eigenvalue weighted by atomic mass is 35.5. The van der Waals surface area contributed by atoms with Gasteiger partial charge >= 0.3 is 0 Å². The molecule has 0 bridgehead atoms.